The summed E-state index contributed by atoms with van der Waals surface area (Å²) < 4.78 is 26.7. The molecule has 0 aliphatic heterocycles. The molecule has 0 unspecified atom stereocenters. The van der Waals surface area contributed by atoms with Gasteiger partial charge in [0.15, 0.2) is 0 Å². The first-order chi connectivity index (χ1) is 6.97. The number of hydrogen-bond acceptors (Lipinski definition) is 4. The number of nitrogens with two attached hydrogens (primary N) is 1. The monoisotopic (exact) mass is 282 g/mol. The molecule has 1 aromatic heterocycles. The zero-order valence-corrected chi connectivity index (χ0v) is 11.3. The summed E-state index contributed by atoms with van der Waals surface area (Å²) in [6.45, 7) is 1.89. The van der Waals surface area contributed by atoms with Gasteiger partial charge in [-0.1, -0.05) is 0 Å². The van der Waals surface area contributed by atoms with Crippen LogP contribution in [0.3, 0.4) is 0 Å². The predicted octanol–water partition coefficient (Wildman–Crippen LogP) is 1.25. The van der Waals surface area contributed by atoms with E-state index < -0.39 is 10.0 Å². The van der Waals surface area contributed by atoms with Crippen molar-refractivity contribution >= 4 is 33.8 Å². The molecular weight excluding hydrogens is 268 g/mol. The summed E-state index contributed by atoms with van der Waals surface area (Å²) >= 11 is 1.29. The maximum Gasteiger partial charge on any atom is 0.250 e. The van der Waals surface area contributed by atoms with Crippen LogP contribution in [0.4, 0.5) is 0 Å². The lowest BCUT2D eigenvalue weighted by Crippen LogP contribution is -2.50. The largest absolute Gasteiger partial charge is 0.328 e. The van der Waals surface area contributed by atoms with Gasteiger partial charge in [-0.25, -0.2) is 13.1 Å². The summed E-state index contributed by atoms with van der Waals surface area (Å²) in [5.41, 5.74) is 5.60. The van der Waals surface area contributed by atoms with Crippen molar-refractivity contribution in [2.75, 3.05) is 0 Å². The average molecular weight is 283 g/mol. The molecule has 0 spiro atoms. The number of aryl methyl sites for hydroxylation is 1. The van der Waals surface area contributed by atoms with Crippen molar-refractivity contribution in [2.45, 2.75) is 36.1 Å². The summed E-state index contributed by atoms with van der Waals surface area (Å²) in [5.74, 6) is 0. The van der Waals surface area contributed by atoms with E-state index in [-0.39, 0.29) is 24.5 Å². The number of nitrogens with one attached hydrogen (secondary N) is 1. The maximum absolute atomic E-state index is 11.8. The Hall–Kier alpha value is -0.140. The van der Waals surface area contributed by atoms with Crippen LogP contribution in [-0.4, -0.2) is 20.5 Å². The van der Waals surface area contributed by atoms with Crippen LogP contribution < -0.4 is 10.5 Å². The number of sulfonamides is 1. The molecule has 0 radical (unpaired) electrons. The van der Waals surface area contributed by atoms with Gasteiger partial charge in [0.2, 0.25) is 10.0 Å². The van der Waals surface area contributed by atoms with E-state index in [4.69, 9.17) is 5.73 Å². The molecule has 16 heavy (non-hydrogen) atoms. The van der Waals surface area contributed by atoms with Crippen molar-refractivity contribution in [1.29, 1.82) is 0 Å². The van der Waals surface area contributed by atoms with Crippen LogP contribution in [0.5, 0.6) is 0 Å². The van der Waals surface area contributed by atoms with E-state index in [0.29, 0.717) is 4.21 Å². The van der Waals surface area contributed by atoms with E-state index in [0.717, 1.165) is 17.7 Å². The minimum absolute atomic E-state index is 0. The number of halogens is 1. The molecule has 0 bridgehead atoms. The van der Waals surface area contributed by atoms with Crippen molar-refractivity contribution in [3.63, 3.8) is 0 Å². The van der Waals surface area contributed by atoms with Crippen molar-refractivity contribution in [1.82, 2.24) is 4.72 Å². The lowest BCUT2D eigenvalue weighted by molar-refractivity contribution is 0.327. The fraction of sp³-hybridized carbons (Fsp3) is 0.556. The predicted molar refractivity (Wildman–Crippen MR) is 67.6 cm³/mol. The third-order valence-corrected chi connectivity index (χ3v) is 5.49. The van der Waals surface area contributed by atoms with Gasteiger partial charge in [-0.15, -0.1) is 23.7 Å². The Balaban J connectivity index is 0.00000128. The van der Waals surface area contributed by atoms with Crippen LogP contribution in [0.2, 0.25) is 0 Å². The summed E-state index contributed by atoms with van der Waals surface area (Å²) in [6, 6.07) is 3.63. The number of hydrogen-bond donors (Lipinski definition) is 2. The molecule has 0 amide bonds. The fourth-order valence-corrected chi connectivity index (χ4v) is 4.15. The van der Waals surface area contributed by atoms with E-state index in [1.54, 1.807) is 6.07 Å². The second-order valence-electron chi connectivity index (χ2n) is 3.91. The second kappa shape index (κ2) is 5.01. The molecule has 7 heteroatoms. The summed E-state index contributed by atoms with van der Waals surface area (Å²) in [7, 11) is -3.31. The van der Waals surface area contributed by atoms with Crippen LogP contribution in [-0.2, 0) is 10.0 Å². The summed E-state index contributed by atoms with van der Waals surface area (Å²) in [4.78, 5) is 1.00. The van der Waals surface area contributed by atoms with E-state index >= 15 is 0 Å². The highest BCUT2D eigenvalue weighted by molar-refractivity contribution is 7.91. The van der Waals surface area contributed by atoms with E-state index in [1.807, 2.05) is 13.0 Å². The Bertz CT molecular complexity index is 452. The van der Waals surface area contributed by atoms with E-state index in [2.05, 4.69) is 4.72 Å². The quantitative estimate of drug-likeness (QED) is 0.876. The van der Waals surface area contributed by atoms with E-state index in [1.165, 1.54) is 11.3 Å². The first kappa shape index (κ1) is 13.9. The highest BCUT2D eigenvalue weighted by Gasteiger charge is 2.30. The molecule has 0 atom stereocenters. The summed E-state index contributed by atoms with van der Waals surface area (Å²) in [5, 5.41) is 0. The van der Waals surface area contributed by atoms with Gasteiger partial charge in [-0.2, -0.15) is 0 Å². The van der Waals surface area contributed by atoms with Gasteiger partial charge < -0.3 is 5.73 Å². The molecule has 0 aromatic carbocycles. The molecule has 0 saturated heterocycles. The Labute approximate surface area is 106 Å². The molecule has 4 nitrogen and oxygen atoms in total. The third kappa shape index (κ3) is 2.95. The average Bonchev–Trinajstić information content (AvgIpc) is 2.49. The standard InChI is InChI=1S/C9H14N2O2S2.ClH/c1-6-2-3-9(14-6)15(12,13)11-8-4-7(10)5-8;/h2-3,7-8,11H,4-5,10H2,1H3;1H. The van der Waals surface area contributed by atoms with Crippen molar-refractivity contribution in [3.8, 4) is 0 Å². The normalized spacial score (nSPS) is 24.6. The van der Waals surface area contributed by atoms with Crippen LogP contribution in [0.1, 0.15) is 17.7 Å². The zero-order chi connectivity index (χ0) is 11.1. The lowest BCUT2D eigenvalue weighted by Gasteiger charge is -2.32. The van der Waals surface area contributed by atoms with Crippen LogP contribution in [0.15, 0.2) is 16.3 Å². The molecule has 3 N–H and O–H groups in total. The Morgan fingerprint density at radius 2 is 2.06 bits per heavy atom. The van der Waals surface area contributed by atoms with Crippen LogP contribution in [0, 0.1) is 6.92 Å². The minimum Gasteiger partial charge on any atom is -0.328 e. The van der Waals surface area contributed by atoms with Crippen molar-refractivity contribution in [3.05, 3.63) is 17.0 Å². The van der Waals surface area contributed by atoms with Gasteiger partial charge in [-0.3, -0.25) is 0 Å². The molecule has 92 valence electrons. The van der Waals surface area contributed by atoms with Crippen LogP contribution in [0.25, 0.3) is 0 Å². The van der Waals surface area contributed by atoms with Gasteiger partial charge >= 0.3 is 0 Å². The van der Waals surface area contributed by atoms with Crippen LogP contribution >= 0.6 is 23.7 Å². The zero-order valence-electron chi connectivity index (χ0n) is 8.84. The molecule has 1 saturated carbocycles. The highest BCUT2D eigenvalue weighted by atomic mass is 35.5. The third-order valence-electron chi connectivity index (χ3n) is 2.48. The van der Waals surface area contributed by atoms with Gasteiger partial charge in [0.05, 0.1) is 0 Å². The molecule has 2 rings (SSSR count). The van der Waals surface area contributed by atoms with E-state index in [9.17, 15) is 8.42 Å². The lowest BCUT2D eigenvalue weighted by atomic mass is 9.89. The highest BCUT2D eigenvalue weighted by Crippen LogP contribution is 2.24. The summed E-state index contributed by atoms with van der Waals surface area (Å²) in [6.07, 6.45) is 1.48. The van der Waals surface area contributed by atoms with Crippen molar-refractivity contribution in [2.24, 2.45) is 5.73 Å². The van der Waals surface area contributed by atoms with Gasteiger partial charge in [0.25, 0.3) is 0 Å². The Morgan fingerprint density at radius 3 is 2.50 bits per heavy atom. The first-order valence-electron chi connectivity index (χ1n) is 4.82. The SMILES string of the molecule is Cc1ccc(S(=O)(=O)NC2CC(N)C2)s1.Cl. The minimum atomic E-state index is -3.31. The second-order valence-corrected chi connectivity index (χ2v) is 7.14. The molecule has 1 fully saturated rings. The Kier molecular flexibility index (Phi) is 4.36. The smallest absolute Gasteiger partial charge is 0.250 e. The Morgan fingerprint density at radius 1 is 1.44 bits per heavy atom. The van der Waals surface area contributed by atoms with Crippen molar-refractivity contribution < 1.29 is 8.42 Å². The molecule has 1 aliphatic carbocycles. The number of thiophene rings is 1. The topological polar surface area (TPSA) is 72.2 Å². The molecular formula is C9H15ClN2O2S2. The van der Waals surface area contributed by atoms with Gasteiger partial charge in [0.1, 0.15) is 4.21 Å². The molecule has 1 aliphatic rings. The molecule has 1 heterocycles. The fourth-order valence-electron chi connectivity index (χ4n) is 1.59. The maximum atomic E-state index is 11.8. The van der Waals surface area contributed by atoms with Gasteiger partial charge in [0, 0.05) is 17.0 Å². The number of rotatable bonds is 3. The first-order valence-corrected chi connectivity index (χ1v) is 7.12. The molecule has 1 aromatic rings. The van der Waals surface area contributed by atoms with Gasteiger partial charge in [-0.05, 0) is 31.9 Å².